The fourth-order valence-corrected chi connectivity index (χ4v) is 0.776. The minimum atomic E-state index is -0.746. The van der Waals surface area contributed by atoms with E-state index in [1.807, 2.05) is 0 Å². The lowest BCUT2D eigenvalue weighted by Crippen LogP contribution is -1.91. The number of nitrogens with zero attached hydrogens (tertiary/aromatic N) is 1. The van der Waals surface area contributed by atoms with E-state index in [2.05, 4.69) is 0 Å². The zero-order chi connectivity index (χ0) is 9.14. The van der Waals surface area contributed by atoms with Crippen molar-refractivity contribution in [1.29, 1.82) is 0 Å². The number of non-ortho nitro benzene ring substituents is 1. The van der Waals surface area contributed by atoms with Crippen molar-refractivity contribution in [2.24, 2.45) is 0 Å². The second-order valence-electron chi connectivity index (χ2n) is 2.13. The summed E-state index contributed by atoms with van der Waals surface area (Å²) in [7, 11) is 0. The molecule has 1 N–H and O–H groups in total. The molecule has 0 fully saturated rings. The van der Waals surface area contributed by atoms with Gasteiger partial charge in [0.05, 0.1) is 11.0 Å². The van der Waals surface area contributed by atoms with Crippen molar-refractivity contribution < 1.29 is 14.4 Å². The van der Waals surface area contributed by atoms with Crippen LogP contribution in [0.2, 0.25) is 0 Å². The first kappa shape index (κ1) is 8.61. The first-order chi connectivity index (χ1) is 5.63. The summed E-state index contributed by atoms with van der Waals surface area (Å²) in [4.78, 5) is 9.44. The van der Waals surface area contributed by atoms with Crippen LogP contribution < -0.4 is 0 Å². The second kappa shape index (κ2) is 3.27. The predicted octanol–water partition coefficient (Wildman–Crippen LogP) is 1.62. The van der Waals surface area contributed by atoms with Crippen LogP contribution in [0.4, 0.5) is 10.1 Å². The van der Waals surface area contributed by atoms with Crippen LogP contribution in [0.5, 0.6) is 0 Å². The van der Waals surface area contributed by atoms with E-state index in [0.29, 0.717) is 6.61 Å². The Morgan fingerprint density at radius 3 is 2.67 bits per heavy atom. The molecule has 1 aromatic rings. The van der Waals surface area contributed by atoms with E-state index in [4.69, 9.17) is 5.11 Å². The van der Waals surface area contributed by atoms with E-state index in [1.165, 1.54) is 0 Å². The van der Waals surface area contributed by atoms with Crippen LogP contribution in [-0.4, -0.2) is 10.0 Å². The van der Waals surface area contributed by atoms with Crippen LogP contribution in [0.3, 0.4) is 0 Å². The van der Waals surface area contributed by atoms with Crippen LogP contribution in [0.15, 0.2) is 18.2 Å². The third-order valence-corrected chi connectivity index (χ3v) is 1.26. The zero-order valence-corrected chi connectivity index (χ0v) is 5.90. The van der Waals surface area contributed by atoms with Crippen molar-refractivity contribution in [3.63, 3.8) is 0 Å². The maximum absolute atomic E-state index is 12.5. The molecule has 5 heteroatoms. The lowest BCUT2D eigenvalue weighted by atomic mass is 10.2. The molecule has 0 amide bonds. The highest BCUT2D eigenvalue weighted by Gasteiger charge is 2.08. The minimum absolute atomic E-state index is 0.0710. The summed E-state index contributed by atoms with van der Waals surface area (Å²) in [6.45, 7) is 0.607. The number of aliphatic hydroxyl groups is 1. The molecule has 1 aromatic carbocycles. The minimum Gasteiger partial charge on any atom is -0.385 e. The number of nitro groups is 1. The van der Waals surface area contributed by atoms with Crippen LogP contribution >= 0.6 is 0 Å². The van der Waals surface area contributed by atoms with Crippen LogP contribution in [-0.2, 0) is 0 Å². The zero-order valence-electron chi connectivity index (χ0n) is 5.90. The van der Waals surface area contributed by atoms with E-state index < -0.39 is 10.7 Å². The van der Waals surface area contributed by atoms with Crippen molar-refractivity contribution in [2.45, 2.75) is 0 Å². The number of rotatable bonds is 2. The van der Waals surface area contributed by atoms with Gasteiger partial charge in [-0.05, 0) is 11.6 Å². The third-order valence-electron chi connectivity index (χ3n) is 1.26. The maximum Gasteiger partial charge on any atom is 0.272 e. The first-order valence-corrected chi connectivity index (χ1v) is 3.06. The summed E-state index contributed by atoms with van der Waals surface area (Å²) in [5, 5.41) is 18.6. The highest BCUT2D eigenvalue weighted by molar-refractivity contribution is 5.37. The highest BCUT2D eigenvalue weighted by Crippen LogP contribution is 2.16. The average molecular weight is 170 g/mol. The van der Waals surface area contributed by atoms with Gasteiger partial charge in [-0.25, -0.2) is 4.39 Å². The summed E-state index contributed by atoms with van der Waals surface area (Å²) >= 11 is 0. The number of nitro benzene ring substituents is 1. The van der Waals surface area contributed by atoms with Gasteiger partial charge in [-0.3, -0.25) is 10.1 Å². The Morgan fingerprint density at radius 2 is 2.17 bits per heavy atom. The summed E-state index contributed by atoms with van der Waals surface area (Å²) in [5.41, 5.74) is -0.308. The molecule has 0 unspecified atom stereocenters. The van der Waals surface area contributed by atoms with E-state index in [9.17, 15) is 14.5 Å². The summed E-state index contributed by atoms with van der Waals surface area (Å²) in [5.74, 6) is -0.746. The highest BCUT2D eigenvalue weighted by atomic mass is 19.1. The fraction of sp³-hybridized carbons (Fsp3) is 0. The molecule has 0 spiro atoms. The fourth-order valence-electron chi connectivity index (χ4n) is 0.776. The molecule has 12 heavy (non-hydrogen) atoms. The van der Waals surface area contributed by atoms with Crippen molar-refractivity contribution in [3.05, 3.63) is 46.3 Å². The van der Waals surface area contributed by atoms with E-state index in [1.54, 1.807) is 0 Å². The van der Waals surface area contributed by atoms with Crippen molar-refractivity contribution in [1.82, 2.24) is 0 Å². The molecule has 0 aromatic heterocycles. The molecule has 1 radical (unpaired) electrons. The van der Waals surface area contributed by atoms with Gasteiger partial charge in [0, 0.05) is 6.07 Å². The number of halogens is 1. The summed E-state index contributed by atoms with van der Waals surface area (Å²) < 4.78 is 12.5. The number of hydrogen-bond donors (Lipinski definition) is 1. The van der Waals surface area contributed by atoms with Gasteiger partial charge in [-0.15, -0.1) is 0 Å². The van der Waals surface area contributed by atoms with E-state index >= 15 is 0 Å². The molecule has 4 nitrogen and oxygen atoms in total. The lowest BCUT2D eigenvalue weighted by Gasteiger charge is -1.95. The molecule has 0 aliphatic carbocycles. The van der Waals surface area contributed by atoms with Gasteiger partial charge < -0.3 is 5.11 Å². The van der Waals surface area contributed by atoms with Gasteiger partial charge in [-0.2, -0.15) is 0 Å². The van der Waals surface area contributed by atoms with E-state index in [0.717, 1.165) is 18.2 Å². The predicted molar refractivity (Wildman–Crippen MR) is 38.4 cm³/mol. The molecule has 1 rings (SSSR count). The van der Waals surface area contributed by atoms with Crippen LogP contribution in [0.1, 0.15) is 5.56 Å². The molecule has 0 bridgehead atoms. The van der Waals surface area contributed by atoms with E-state index in [-0.39, 0.29) is 11.3 Å². The van der Waals surface area contributed by atoms with Gasteiger partial charge in [-0.1, -0.05) is 0 Å². The first-order valence-electron chi connectivity index (χ1n) is 3.06. The molecular weight excluding hydrogens is 165 g/mol. The maximum atomic E-state index is 12.5. The van der Waals surface area contributed by atoms with Crippen molar-refractivity contribution in [3.8, 4) is 0 Å². The van der Waals surface area contributed by atoms with Gasteiger partial charge in [0.2, 0.25) is 0 Å². The Morgan fingerprint density at radius 1 is 1.50 bits per heavy atom. The average Bonchev–Trinajstić information content (AvgIpc) is 2.03. The Hall–Kier alpha value is -1.49. The molecule has 63 valence electrons. The van der Waals surface area contributed by atoms with Crippen LogP contribution in [0.25, 0.3) is 0 Å². The van der Waals surface area contributed by atoms with Gasteiger partial charge in [0.1, 0.15) is 12.4 Å². The summed E-state index contributed by atoms with van der Waals surface area (Å²) in [6, 6.07) is 2.85. The van der Waals surface area contributed by atoms with Crippen LogP contribution in [0, 0.1) is 22.5 Å². The Kier molecular flexibility index (Phi) is 2.35. The molecular formula is C7H5FNO3. The van der Waals surface area contributed by atoms with Gasteiger partial charge in [0.15, 0.2) is 0 Å². The SMILES string of the molecule is O=[N+]([O-])c1cc(F)cc([CH]O)c1. The van der Waals surface area contributed by atoms with Gasteiger partial charge in [0.25, 0.3) is 5.69 Å². The molecule has 0 atom stereocenters. The number of aliphatic hydroxyl groups excluding tert-OH is 1. The molecule has 0 aliphatic rings. The summed E-state index contributed by atoms with van der Waals surface area (Å²) in [6.07, 6.45) is 0. The Balaban J connectivity index is 3.15. The largest absolute Gasteiger partial charge is 0.385 e. The van der Waals surface area contributed by atoms with Crippen molar-refractivity contribution in [2.75, 3.05) is 0 Å². The standard InChI is InChI=1S/C7H5FNO3/c8-6-1-5(4-10)2-7(3-6)9(11)12/h1-4,10H. The second-order valence-corrected chi connectivity index (χ2v) is 2.13. The third kappa shape index (κ3) is 1.76. The molecule has 0 saturated heterocycles. The smallest absolute Gasteiger partial charge is 0.272 e. The lowest BCUT2D eigenvalue weighted by molar-refractivity contribution is -0.385. The number of hydrogen-bond acceptors (Lipinski definition) is 3. The van der Waals surface area contributed by atoms with Crippen molar-refractivity contribution >= 4 is 5.69 Å². The van der Waals surface area contributed by atoms with Gasteiger partial charge >= 0.3 is 0 Å². The molecule has 0 aliphatic heterocycles. The number of benzene rings is 1. The Bertz CT molecular complexity index is 314. The monoisotopic (exact) mass is 170 g/mol. The molecule has 0 saturated carbocycles. The normalized spacial score (nSPS) is 9.83. The topological polar surface area (TPSA) is 63.4 Å². The quantitative estimate of drug-likeness (QED) is 0.541. The molecule has 0 heterocycles. The Labute approximate surface area is 67.4 Å².